The van der Waals surface area contributed by atoms with Crippen LogP contribution in [-0.4, -0.2) is 29.5 Å². The highest BCUT2D eigenvalue weighted by Crippen LogP contribution is 2.01. The zero-order valence-electron chi connectivity index (χ0n) is 9.96. The smallest absolute Gasteiger partial charge is 0.0742 e. The van der Waals surface area contributed by atoms with Crippen LogP contribution < -0.4 is 0 Å². The van der Waals surface area contributed by atoms with Crippen molar-refractivity contribution in [3.8, 4) is 0 Å². The van der Waals surface area contributed by atoms with Crippen molar-refractivity contribution in [3.63, 3.8) is 0 Å². The number of ether oxygens (including phenoxy) is 1. The molecule has 1 aromatic carbocycles. The SMILES string of the molecule is OCCC(O)/C=C/CCOCc1ccccc1. The fraction of sp³-hybridized carbons (Fsp3) is 0.429. The van der Waals surface area contributed by atoms with Gasteiger partial charge in [0.15, 0.2) is 0 Å². The molecule has 0 heterocycles. The number of hydrogen-bond acceptors (Lipinski definition) is 3. The summed E-state index contributed by atoms with van der Waals surface area (Å²) in [5, 5.41) is 17.9. The fourth-order valence-corrected chi connectivity index (χ4v) is 1.40. The maximum Gasteiger partial charge on any atom is 0.0742 e. The zero-order chi connectivity index (χ0) is 12.3. The normalized spacial score (nSPS) is 13.1. The lowest BCUT2D eigenvalue weighted by Gasteiger charge is -2.03. The Hall–Kier alpha value is -1.16. The van der Waals surface area contributed by atoms with E-state index in [0.717, 1.165) is 12.0 Å². The molecule has 1 rings (SSSR count). The van der Waals surface area contributed by atoms with Crippen molar-refractivity contribution in [1.29, 1.82) is 0 Å². The molecular formula is C14H20O3. The minimum atomic E-state index is -0.547. The lowest BCUT2D eigenvalue weighted by atomic mass is 10.2. The molecule has 0 aliphatic carbocycles. The van der Waals surface area contributed by atoms with Crippen molar-refractivity contribution < 1.29 is 14.9 Å². The first-order valence-corrected chi connectivity index (χ1v) is 5.90. The highest BCUT2D eigenvalue weighted by Gasteiger charge is 1.95. The van der Waals surface area contributed by atoms with Crippen molar-refractivity contribution in [2.75, 3.05) is 13.2 Å². The Labute approximate surface area is 102 Å². The Morgan fingerprint density at radius 1 is 1.24 bits per heavy atom. The topological polar surface area (TPSA) is 49.7 Å². The fourth-order valence-electron chi connectivity index (χ4n) is 1.40. The Bertz CT molecular complexity index is 309. The first-order chi connectivity index (χ1) is 8.33. The summed E-state index contributed by atoms with van der Waals surface area (Å²) < 4.78 is 5.48. The van der Waals surface area contributed by atoms with Gasteiger partial charge in [-0.3, -0.25) is 0 Å². The molecule has 0 saturated carbocycles. The predicted octanol–water partition coefficient (Wildman–Crippen LogP) is 1.89. The lowest BCUT2D eigenvalue weighted by molar-refractivity contribution is 0.125. The molecule has 1 atom stereocenters. The van der Waals surface area contributed by atoms with Crippen LogP contribution in [0.25, 0.3) is 0 Å². The van der Waals surface area contributed by atoms with E-state index in [0.29, 0.717) is 19.6 Å². The molecule has 1 unspecified atom stereocenters. The maximum atomic E-state index is 9.30. The second kappa shape index (κ2) is 8.93. The van der Waals surface area contributed by atoms with Crippen LogP contribution in [-0.2, 0) is 11.3 Å². The van der Waals surface area contributed by atoms with Gasteiger partial charge < -0.3 is 14.9 Å². The molecule has 17 heavy (non-hydrogen) atoms. The van der Waals surface area contributed by atoms with E-state index in [9.17, 15) is 5.11 Å². The summed E-state index contributed by atoms with van der Waals surface area (Å²) in [5.74, 6) is 0. The van der Waals surface area contributed by atoms with Gasteiger partial charge in [0.05, 0.1) is 19.3 Å². The molecule has 0 aromatic heterocycles. The van der Waals surface area contributed by atoms with Crippen LogP contribution in [0.4, 0.5) is 0 Å². The molecule has 3 heteroatoms. The third-order valence-electron chi connectivity index (χ3n) is 2.32. The van der Waals surface area contributed by atoms with Crippen LogP contribution in [0.2, 0.25) is 0 Å². The summed E-state index contributed by atoms with van der Waals surface area (Å²) in [6.07, 6.45) is 4.19. The van der Waals surface area contributed by atoms with E-state index in [-0.39, 0.29) is 6.61 Å². The van der Waals surface area contributed by atoms with Crippen LogP contribution in [0.1, 0.15) is 18.4 Å². The van der Waals surface area contributed by atoms with Crippen molar-refractivity contribution in [2.45, 2.75) is 25.6 Å². The Morgan fingerprint density at radius 3 is 2.71 bits per heavy atom. The number of benzene rings is 1. The van der Waals surface area contributed by atoms with Crippen LogP contribution >= 0.6 is 0 Å². The van der Waals surface area contributed by atoms with Gasteiger partial charge in [0.25, 0.3) is 0 Å². The van der Waals surface area contributed by atoms with E-state index < -0.39 is 6.10 Å². The van der Waals surface area contributed by atoms with Gasteiger partial charge in [0.2, 0.25) is 0 Å². The number of aliphatic hydroxyl groups is 2. The molecule has 94 valence electrons. The summed E-state index contributed by atoms with van der Waals surface area (Å²) >= 11 is 0. The van der Waals surface area contributed by atoms with E-state index in [1.165, 1.54) is 0 Å². The highest BCUT2D eigenvalue weighted by atomic mass is 16.5. The molecule has 0 aliphatic rings. The molecule has 0 saturated heterocycles. The maximum absolute atomic E-state index is 9.30. The van der Waals surface area contributed by atoms with E-state index >= 15 is 0 Å². The van der Waals surface area contributed by atoms with Crippen LogP contribution in [0, 0.1) is 0 Å². The molecule has 0 fully saturated rings. The standard InChI is InChI=1S/C14H20O3/c15-10-9-14(16)8-4-5-11-17-12-13-6-2-1-3-7-13/h1-4,6-8,14-16H,5,9-12H2/b8-4+. The second-order valence-corrected chi connectivity index (χ2v) is 3.83. The van der Waals surface area contributed by atoms with E-state index in [2.05, 4.69) is 0 Å². The minimum Gasteiger partial charge on any atom is -0.396 e. The number of aliphatic hydroxyl groups excluding tert-OH is 2. The van der Waals surface area contributed by atoms with Crippen LogP contribution in [0.5, 0.6) is 0 Å². The van der Waals surface area contributed by atoms with E-state index in [1.807, 2.05) is 36.4 Å². The number of hydrogen-bond donors (Lipinski definition) is 2. The summed E-state index contributed by atoms with van der Waals surface area (Å²) in [4.78, 5) is 0. The monoisotopic (exact) mass is 236 g/mol. The number of rotatable bonds is 8. The van der Waals surface area contributed by atoms with Crippen molar-refractivity contribution >= 4 is 0 Å². The van der Waals surface area contributed by atoms with Gasteiger partial charge in [-0.25, -0.2) is 0 Å². The molecule has 0 radical (unpaired) electrons. The third-order valence-corrected chi connectivity index (χ3v) is 2.32. The molecule has 0 spiro atoms. The first kappa shape index (κ1) is 13.9. The second-order valence-electron chi connectivity index (χ2n) is 3.83. The summed E-state index contributed by atoms with van der Waals surface area (Å²) in [6, 6.07) is 10.0. The predicted molar refractivity (Wildman–Crippen MR) is 67.6 cm³/mol. The summed E-state index contributed by atoms with van der Waals surface area (Å²) in [5.41, 5.74) is 1.16. The molecule has 0 bridgehead atoms. The Morgan fingerprint density at radius 2 is 2.00 bits per heavy atom. The lowest BCUT2D eigenvalue weighted by Crippen LogP contribution is -2.04. The largest absolute Gasteiger partial charge is 0.396 e. The van der Waals surface area contributed by atoms with Gasteiger partial charge in [-0.2, -0.15) is 0 Å². The van der Waals surface area contributed by atoms with E-state index in [1.54, 1.807) is 6.08 Å². The average Bonchev–Trinajstić information content (AvgIpc) is 2.35. The minimum absolute atomic E-state index is 0.00993. The summed E-state index contributed by atoms with van der Waals surface area (Å²) in [6.45, 7) is 1.27. The third kappa shape index (κ3) is 6.89. The molecule has 2 N–H and O–H groups in total. The first-order valence-electron chi connectivity index (χ1n) is 5.90. The quantitative estimate of drug-likeness (QED) is 0.535. The van der Waals surface area contributed by atoms with Crippen LogP contribution in [0.3, 0.4) is 0 Å². The van der Waals surface area contributed by atoms with Gasteiger partial charge in [0.1, 0.15) is 0 Å². The molecule has 3 nitrogen and oxygen atoms in total. The van der Waals surface area contributed by atoms with Gasteiger partial charge in [0, 0.05) is 6.61 Å². The van der Waals surface area contributed by atoms with E-state index in [4.69, 9.17) is 9.84 Å². The molecule has 0 aliphatic heterocycles. The van der Waals surface area contributed by atoms with Crippen molar-refractivity contribution in [3.05, 3.63) is 48.0 Å². The molecule has 0 amide bonds. The Kier molecular flexibility index (Phi) is 7.30. The Balaban J connectivity index is 2.05. The van der Waals surface area contributed by atoms with Gasteiger partial charge in [-0.1, -0.05) is 42.5 Å². The van der Waals surface area contributed by atoms with Crippen molar-refractivity contribution in [2.24, 2.45) is 0 Å². The highest BCUT2D eigenvalue weighted by molar-refractivity contribution is 5.13. The van der Waals surface area contributed by atoms with Crippen molar-refractivity contribution in [1.82, 2.24) is 0 Å². The van der Waals surface area contributed by atoms with Gasteiger partial charge in [-0.15, -0.1) is 0 Å². The van der Waals surface area contributed by atoms with Gasteiger partial charge >= 0.3 is 0 Å². The van der Waals surface area contributed by atoms with Gasteiger partial charge in [-0.05, 0) is 18.4 Å². The average molecular weight is 236 g/mol. The molecule has 1 aromatic rings. The molecular weight excluding hydrogens is 216 g/mol. The zero-order valence-corrected chi connectivity index (χ0v) is 9.96. The van der Waals surface area contributed by atoms with Crippen LogP contribution in [0.15, 0.2) is 42.5 Å². The summed E-state index contributed by atoms with van der Waals surface area (Å²) in [7, 11) is 0.